The largest absolute Gasteiger partial charge is 0.449 e. The molecule has 1 unspecified atom stereocenters. The summed E-state index contributed by atoms with van der Waals surface area (Å²) in [6, 6.07) is 15.8. The minimum atomic E-state index is -0.662. The summed E-state index contributed by atoms with van der Waals surface area (Å²) >= 11 is 0. The maximum atomic E-state index is 12.8. The average Bonchev–Trinajstić information content (AvgIpc) is 2.92. The molecule has 4 rings (SSSR count). The van der Waals surface area contributed by atoms with Crippen LogP contribution in [0.3, 0.4) is 0 Å². The van der Waals surface area contributed by atoms with E-state index in [0.717, 1.165) is 31.4 Å². The molecule has 0 bridgehead atoms. The molecule has 2 aromatic rings. The lowest BCUT2D eigenvalue weighted by Gasteiger charge is -2.39. The minimum Gasteiger partial charge on any atom is -0.449 e. The highest BCUT2D eigenvalue weighted by Gasteiger charge is 2.48. The van der Waals surface area contributed by atoms with Crippen LogP contribution in [0.2, 0.25) is 0 Å². The summed E-state index contributed by atoms with van der Waals surface area (Å²) in [6.07, 6.45) is 2.84. The number of piperidine rings is 1. The van der Waals surface area contributed by atoms with Crippen LogP contribution in [-0.2, 0) is 21.6 Å². The van der Waals surface area contributed by atoms with Crippen molar-refractivity contribution in [2.45, 2.75) is 38.2 Å². The highest BCUT2D eigenvalue weighted by atomic mass is 16.6. The Morgan fingerprint density at radius 3 is 2.88 bits per heavy atom. The Hall–Kier alpha value is -2.62. The Bertz CT molecular complexity index is 860. The maximum absolute atomic E-state index is 12.8. The van der Waals surface area contributed by atoms with Crippen molar-refractivity contribution in [3.63, 3.8) is 0 Å². The third kappa shape index (κ3) is 3.00. The average molecular weight is 349 g/mol. The maximum Gasteiger partial charge on any atom is 0.339 e. The van der Waals surface area contributed by atoms with Crippen LogP contribution in [0.4, 0.5) is 0 Å². The number of esters is 1. The summed E-state index contributed by atoms with van der Waals surface area (Å²) in [6.45, 7) is 3.25. The molecular weight excluding hydrogens is 326 g/mol. The summed E-state index contributed by atoms with van der Waals surface area (Å²) in [4.78, 5) is 26.9. The highest BCUT2D eigenvalue weighted by Crippen LogP contribution is 2.42. The molecule has 134 valence electrons. The number of likely N-dealkylation sites (tertiary alicyclic amines) is 1. The van der Waals surface area contributed by atoms with Crippen molar-refractivity contribution in [1.82, 2.24) is 4.90 Å². The Kier molecular flexibility index (Phi) is 4.27. The number of aryl methyl sites for hydroxylation is 2. The molecule has 4 heteroatoms. The van der Waals surface area contributed by atoms with Gasteiger partial charge in [-0.3, -0.25) is 4.79 Å². The zero-order valence-corrected chi connectivity index (χ0v) is 15.0. The van der Waals surface area contributed by atoms with E-state index in [-0.39, 0.29) is 11.9 Å². The van der Waals surface area contributed by atoms with Gasteiger partial charge in [0.25, 0.3) is 0 Å². The number of benzene rings is 2. The van der Waals surface area contributed by atoms with Crippen LogP contribution in [0.25, 0.3) is 0 Å². The van der Waals surface area contributed by atoms with Gasteiger partial charge in [0.15, 0.2) is 5.60 Å². The Labute approximate surface area is 153 Å². The van der Waals surface area contributed by atoms with E-state index < -0.39 is 5.60 Å². The molecule has 2 aliphatic heterocycles. The molecule has 0 aromatic heterocycles. The van der Waals surface area contributed by atoms with E-state index in [0.29, 0.717) is 18.5 Å². The number of ether oxygens (including phenoxy) is 1. The summed E-state index contributed by atoms with van der Waals surface area (Å²) in [5.41, 5.74) is 3.30. The number of fused-ring (bicyclic) bond motifs is 2. The number of carbonyl (C=O) groups is 2. The number of carbonyl (C=O) groups excluding carboxylic acids is 2. The molecule has 1 fully saturated rings. The fraction of sp³-hybridized carbons (Fsp3) is 0.364. The van der Waals surface area contributed by atoms with E-state index >= 15 is 0 Å². The Morgan fingerprint density at radius 2 is 2.04 bits per heavy atom. The molecule has 1 saturated heterocycles. The van der Waals surface area contributed by atoms with E-state index in [1.165, 1.54) is 11.1 Å². The highest BCUT2D eigenvalue weighted by molar-refractivity contribution is 5.95. The quantitative estimate of drug-likeness (QED) is 0.795. The number of hydrogen-bond acceptors (Lipinski definition) is 3. The van der Waals surface area contributed by atoms with E-state index in [1.54, 1.807) is 0 Å². The molecule has 1 atom stereocenters. The topological polar surface area (TPSA) is 46.6 Å². The van der Waals surface area contributed by atoms with Gasteiger partial charge in [0.05, 0.1) is 12.1 Å². The summed E-state index contributed by atoms with van der Waals surface area (Å²) in [7, 11) is 0. The van der Waals surface area contributed by atoms with Crippen molar-refractivity contribution >= 4 is 11.9 Å². The zero-order chi connectivity index (χ0) is 18.1. The Balaban J connectivity index is 1.47. The van der Waals surface area contributed by atoms with Gasteiger partial charge < -0.3 is 9.64 Å². The molecule has 4 nitrogen and oxygen atoms in total. The van der Waals surface area contributed by atoms with Crippen LogP contribution in [0.5, 0.6) is 0 Å². The summed E-state index contributed by atoms with van der Waals surface area (Å²) in [5, 5.41) is 0. The molecule has 2 aromatic carbocycles. The molecule has 2 aliphatic rings. The van der Waals surface area contributed by atoms with Crippen LogP contribution in [0, 0.1) is 6.92 Å². The number of amides is 1. The normalized spacial score (nSPS) is 21.6. The SMILES string of the molecule is Cc1cccc(CCC(=O)N2CCCC3(C2)OC(=O)c2ccccc23)c1. The van der Waals surface area contributed by atoms with Gasteiger partial charge in [0, 0.05) is 18.5 Å². The molecule has 2 heterocycles. The molecule has 0 radical (unpaired) electrons. The first-order valence-corrected chi connectivity index (χ1v) is 9.24. The summed E-state index contributed by atoms with van der Waals surface area (Å²) in [5.74, 6) is -0.138. The van der Waals surface area contributed by atoms with Gasteiger partial charge in [-0.05, 0) is 37.8 Å². The van der Waals surface area contributed by atoms with Crippen LogP contribution in [0.15, 0.2) is 48.5 Å². The van der Waals surface area contributed by atoms with Gasteiger partial charge in [-0.2, -0.15) is 0 Å². The first-order chi connectivity index (χ1) is 12.6. The predicted molar refractivity (Wildman–Crippen MR) is 98.8 cm³/mol. The predicted octanol–water partition coefficient (Wildman–Crippen LogP) is 3.62. The minimum absolute atomic E-state index is 0.131. The number of nitrogens with zero attached hydrogens (tertiary/aromatic N) is 1. The third-order valence-corrected chi connectivity index (χ3v) is 5.44. The zero-order valence-electron chi connectivity index (χ0n) is 15.0. The van der Waals surface area contributed by atoms with E-state index in [2.05, 4.69) is 25.1 Å². The summed E-state index contributed by atoms with van der Waals surface area (Å²) < 4.78 is 5.79. The fourth-order valence-electron chi connectivity index (χ4n) is 4.16. The van der Waals surface area contributed by atoms with E-state index in [9.17, 15) is 9.59 Å². The van der Waals surface area contributed by atoms with Gasteiger partial charge in [0.1, 0.15) is 0 Å². The standard InChI is InChI=1S/C22H23NO3/c1-16-6-4-7-17(14-16)10-11-20(24)23-13-5-12-22(15-23)19-9-3-2-8-18(19)21(25)26-22/h2-4,6-9,14H,5,10-13,15H2,1H3. The molecule has 0 aliphatic carbocycles. The van der Waals surface area contributed by atoms with Gasteiger partial charge in [-0.15, -0.1) is 0 Å². The Morgan fingerprint density at radius 1 is 1.19 bits per heavy atom. The van der Waals surface area contributed by atoms with Gasteiger partial charge in [-0.1, -0.05) is 48.0 Å². The lowest BCUT2D eigenvalue weighted by atomic mass is 9.85. The monoisotopic (exact) mass is 349 g/mol. The molecule has 26 heavy (non-hydrogen) atoms. The molecule has 0 saturated carbocycles. The lowest BCUT2D eigenvalue weighted by molar-refractivity contribution is -0.138. The third-order valence-electron chi connectivity index (χ3n) is 5.44. The first-order valence-electron chi connectivity index (χ1n) is 9.24. The van der Waals surface area contributed by atoms with E-state index in [4.69, 9.17) is 4.74 Å². The second kappa shape index (κ2) is 6.60. The van der Waals surface area contributed by atoms with Crippen molar-refractivity contribution in [1.29, 1.82) is 0 Å². The van der Waals surface area contributed by atoms with Crippen LogP contribution < -0.4 is 0 Å². The second-order valence-electron chi connectivity index (χ2n) is 7.34. The van der Waals surface area contributed by atoms with Crippen LogP contribution in [0.1, 0.15) is 46.3 Å². The van der Waals surface area contributed by atoms with Crippen molar-refractivity contribution in [2.24, 2.45) is 0 Å². The van der Waals surface area contributed by atoms with Gasteiger partial charge >= 0.3 is 5.97 Å². The molecular formula is C22H23NO3. The number of hydrogen-bond donors (Lipinski definition) is 0. The number of rotatable bonds is 3. The van der Waals surface area contributed by atoms with Crippen molar-refractivity contribution < 1.29 is 14.3 Å². The lowest BCUT2D eigenvalue weighted by Crippen LogP contribution is -2.48. The van der Waals surface area contributed by atoms with Crippen molar-refractivity contribution in [2.75, 3.05) is 13.1 Å². The fourth-order valence-corrected chi connectivity index (χ4v) is 4.16. The van der Waals surface area contributed by atoms with Crippen LogP contribution in [-0.4, -0.2) is 29.9 Å². The smallest absolute Gasteiger partial charge is 0.339 e. The van der Waals surface area contributed by atoms with E-state index in [1.807, 2.05) is 35.2 Å². The first kappa shape index (κ1) is 16.8. The van der Waals surface area contributed by atoms with Gasteiger partial charge in [0.2, 0.25) is 5.91 Å². The molecule has 1 spiro atoms. The van der Waals surface area contributed by atoms with Crippen LogP contribution >= 0.6 is 0 Å². The molecule has 1 amide bonds. The van der Waals surface area contributed by atoms with Gasteiger partial charge in [-0.25, -0.2) is 4.79 Å². The van der Waals surface area contributed by atoms with Crippen molar-refractivity contribution in [3.05, 3.63) is 70.8 Å². The second-order valence-corrected chi connectivity index (χ2v) is 7.34. The molecule has 0 N–H and O–H groups in total. The van der Waals surface area contributed by atoms with Crippen molar-refractivity contribution in [3.8, 4) is 0 Å².